The lowest BCUT2D eigenvalue weighted by Gasteiger charge is -2.18. The van der Waals surface area contributed by atoms with Crippen LogP contribution in [0.1, 0.15) is 26.7 Å². The Labute approximate surface area is 104 Å². The molecule has 96 valence electrons. The van der Waals surface area contributed by atoms with Crippen molar-refractivity contribution in [1.29, 1.82) is 0 Å². The Morgan fingerprint density at radius 1 is 1.62 bits per heavy atom. The fourth-order valence-electron chi connectivity index (χ4n) is 1.84. The van der Waals surface area contributed by atoms with Crippen molar-refractivity contribution in [3.05, 3.63) is 0 Å². The summed E-state index contributed by atoms with van der Waals surface area (Å²) in [5, 5.41) is 0. The van der Waals surface area contributed by atoms with E-state index < -0.39 is 0 Å². The number of carbonyl (C=O) groups excluding carboxylic acids is 1. The van der Waals surface area contributed by atoms with E-state index in [-0.39, 0.29) is 31.0 Å². The number of hydrogen-bond donors (Lipinski definition) is 1. The normalized spacial score (nSPS) is 21.7. The van der Waals surface area contributed by atoms with Gasteiger partial charge in [-0.2, -0.15) is 0 Å². The quantitative estimate of drug-likeness (QED) is 0.742. The van der Waals surface area contributed by atoms with Gasteiger partial charge in [-0.3, -0.25) is 4.79 Å². The van der Waals surface area contributed by atoms with Crippen LogP contribution in [-0.4, -0.2) is 43.2 Å². The molecule has 0 saturated carbocycles. The molecular weight excluding hydrogens is 228 g/mol. The molecular formula is C11H23ClN2O2. The molecule has 1 aliphatic rings. The Balaban J connectivity index is 0.00000225. The van der Waals surface area contributed by atoms with Crippen LogP contribution in [-0.2, 0) is 9.53 Å². The molecule has 4 nitrogen and oxygen atoms in total. The molecule has 0 spiro atoms. The molecule has 16 heavy (non-hydrogen) atoms. The van der Waals surface area contributed by atoms with E-state index in [4.69, 9.17) is 10.5 Å². The zero-order valence-electron chi connectivity index (χ0n) is 10.1. The summed E-state index contributed by atoms with van der Waals surface area (Å²) < 4.78 is 5.23. The van der Waals surface area contributed by atoms with Crippen molar-refractivity contribution in [3.8, 4) is 0 Å². The number of rotatable bonds is 5. The number of likely N-dealkylation sites (tertiary alicyclic amines) is 1. The van der Waals surface area contributed by atoms with Crippen LogP contribution in [0.3, 0.4) is 0 Å². The average molecular weight is 251 g/mol. The fourth-order valence-corrected chi connectivity index (χ4v) is 1.84. The molecule has 0 aromatic rings. The van der Waals surface area contributed by atoms with Crippen LogP contribution in [0.2, 0.25) is 0 Å². The van der Waals surface area contributed by atoms with Crippen LogP contribution in [0.15, 0.2) is 0 Å². The molecule has 2 unspecified atom stereocenters. The van der Waals surface area contributed by atoms with Gasteiger partial charge in [-0.05, 0) is 25.7 Å². The van der Waals surface area contributed by atoms with E-state index in [0.717, 1.165) is 25.9 Å². The SMILES string of the molecule is CCCOCC(=O)N1CCC(C(C)N)C1.Cl. The molecule has 0 radical (unpaired) electrons. The van der Waals surface area contributed by atoms with Crippen LogP contribution in [0, 0.1) is 5.92 Å². The summed E-state index contributed by atoms with van der Waals surface area (Å²) in [5.74, 6) is 0.562. The first-order valence-electron chi connectivity index (χ1n) is 5.76. The van der Waals surface area contributed by atoms with Gasteiger partial charge in [0.1, 0.15) is 6.61 Å². The highest BCUT2D eigenvalue weighted by Crippen LogP contribution is 2.18. The largest absolute Gasteiger partial charge is 0.372 e. The first kappa shape index (κ1) is 15.7. The third-order valence-corrected chi connectivity index (χ3v) is 2.89. The highest BCUT2D eigenvalue weighted by atomic mass is 35.5. The second-order valence-electron chi connectivity index (χ2n) is 4.30. The number of halogens is 1. The average Bonchev–Trinajstić information content (AvgIpc) is 2.66. The lowest BCUT2D eigenvalue weighted by molar-refractivity contribution is -0.135. The maximum Gasteiger partial charge on any atom is 0.248 e. The van der Waals surface area contributed by atoms with E-state index >= 15 is 0 Å². The Hall–Kier alpha value is -0.320. The number of amides is 1. The maximum absolute atomic E-state index is 11.6. The minimum absolute atomic E-state index is 0. The standard InChI is InChI=1S/C11H22N2O2.ClH/c1-3-6-15-8-11(14)13-5-4-10(7-13)9(2)12;/h9-10H,3-8,12H2,1-2H3;1H. The lowest BCUT2D eigenvalue weighted by Crippen LogP contribution is -2.35. The van der Waals surface area contributed by atoms with Crippen LogP contribution < -0.4 is 5.73 Å². The summed E-state index contributed by atoms with van der Waals surface area (Å²) in [7, 11) is 0. The zero-order chi connectivity index (χ0) is 11.3. The lowest BCUT2D eigenvalue weighted by atomic mass is 10.0. The van der Waals surface area contributed by atoms with Gasteiger partial charge in [-0.25, -0.2) is 0 Å². The highest BCUT2D eigenvalue weighted by Gasteiger charge is 2.27. The minimum Gasteiger partial charge on any atom is -0.372 e. The summed E-state index contributed by atoms with van der Waals surface area (Å²) in [6.07, 6.45) is 1.98. The topological polar surface area (TPSA) is 55.6 Å². The molecule has 0 bridgehead atoms. The first-order chi connectivity index (χ1) is 7.15. The molecule has 0 aromatic heterocycles. The number of carbonyl (C=O) groups is 1. The van der Waals surface area contributed by atoms with Gasteiger partial charge in [-0.15, -0.1) is 12.4 Å². The fraction of sp³-hybridized carbons (Fsp3) is 0.909. The van der Waals surface area contributed by atoms with Gasteiger partial charge < -0.3 is 15.4 Å². The molecule has 1 heterocycles. The summed E-state index contributed by atoms with van der Waals surface area (Å²) in [6.45, 7) is 6.56. The van der Waals surface area contributed by atoms with Crippen LogP contribution in [0.5, 0.6) is 0 Å². The van der Waals surface area contributed by atoms with E-state index in [1.807, 2.05) is 18.7 Å². The van der Waals surface area contributed by atoms with Gasteiger partial charge in [0.2, 0.25) is 5.91 Å². The molecule has 2 atom stereocenters. The van der Waals surface area contributed by atoms with Crippen LogP contribution >= 0.6 is 12.4 Å². The van der Waals surface area contributed by atoms with Crippen LogP contribution in [0.25, 0.3) is 0 Å². The number of nitrogens with two attached hydrogens (primary N) is 1. The summed E-state index contributed by atoms with van der Waals surface area (Å²) in [6, 6.07) is 0.180. The minimum atomic E-state index is 0. The van der Waals surface area contributed by atoms with Crippen LogP contribution in [0.4, 0.5) is 0 Å². The van der Waals surface area contributed by atoms with Gasteiger partial charge in [0, 0.05) is 25.7 Å². The van der Waals surface area contributed by atoms with E-state index in [1.54, 1.807) is 0 Å². The summed E-state index contributed by atoms with van der Waals surface area (Å²) >= 11 is 0. The van der Waals surface area contributed by atoms with Crippen molar-refractivity contribution in [2.45, 2.75) is 32.7 Å². The molecule has 1 saturated heterocycles. The molecule has 1 amide bonds. The van der Waals surface area contributed by atoms with Crippen molar-refractivity contribution >= 4 is 18.3 Å². The molecule has 5 heteroatoms. The van der Waals surface area contributed by atoms with Gasteiger partial charge >= 0.3 is 0 Å². The predicted octanol–water partition coefficient (Wildman–Crippen LogP) is 1.03. The van der Waals surface area contributed by atoms with E-state index in [0.29, 0.717) is 12.5 Å². The van der Waals surface area contributed by atoms with Gasteiger partial charge in [0.25, 0.3) is 0 Å². The molecule has 1 aliphatic heterocycles. The van der Waals surface area contributed by atoms with Crippen molar-refractivity contribution in [2.75, 3.05) is 26.3 Å². The van der Waals surface area contributed by atoms with Gasteiger partial charge in [-0.1, -0.05) is 6.92 Å². The van der Waals surface area contributed by atoms with E-state index in [9.17, 15) is 4.79 Å². The number of ether oxygens (including phenoxy) is 1. The molecule has 1 fully saturated rings. The molecule has 2 N–H and O–H groups in total. The first-order valence-corrected chi connectivity index (χ1v) is 5.76. The number of nitrogens with zero attached hydrogens (tertiary/aromatic N) is 1. The summed E-state index contributed by atoms with van der Waals surface area (Å²) in [5.41, 5.74) is 5.81. The van der Waals surface area contributed by atoms with Crippen molar-refractivity contribution in [3.63, 3.8) is 0 Å². The Morgan fingerprint density at radius 3 is 2.81 bits per heavy atom. The second-order valence-corrected chi connectivity index (χ2v) is 4.30. The van der Waals surface area contributed by atoms with E-state index in [2.05, 4.69) is 0 Å². The Bertz CT molecular complexity index is 212. The molecule has 0 aliphatic carbocycles. The summed E-state index contributed by atoms with van der Waals surface area (Å²) in [4.78, 5) is 13.5. The monoisotopic (exact) mass is 250 g/mol. The highest BCUT2D eigenvalue weighted by molar-refractivity contribution is 5.85. The predicted molar refractivity (Wildman–Crippen MR) is 66.7 cm³/mol. The van der Waals surface area contributed by atoms with Crippen molar-refractivity contribution < 1.29 is 9.53 Å². The smallest absolute Gasteiger partial charge is 0.248 e. The van der Waals surface area contributed by atoms with E-state index in [1.165, 1.54) is 0 Å². The molecule has 0 aromatic carbocycles. The molecule has 1 rings (SSSR count). The maximum atomic E-state index is 11.6. The van der Waals surface area contributed by atoms with Gasteiger partial charge in [0.15, 0.2) is 0 Å². The Kier molecular flexibility index (Phi) is 7.72. The Morgan fingerprint density at radius 2 is 2.31 bits per heavy atom. The number of hydrogen-bond acceptors (Lipinski definition) is 3. The third kappa shape index (κ3) is 4.68. The van der Waals surface area contributed by atoms with Gasteiger partial charge in [0.05, 0.1) is 0 Å². The zero-order valence-corrected chi connectivity index (χ0v) is 11.0. The second kappa shape index (κ2) is 7.87. The van der Waals surface area contributed by atoms with Crippen molar-refractivity contribution in [1.82, 2.24) is 4.90 Å². The van der Waals surface area contributed by atoms with Crippen molar-refractivity contribution in [2.24, 2.45) is 11.7 Å². The third-order valence-electron chi connectivity index (χ3n) is 2.89.